The summed E-state index contributed by atoms with van der Waals surface area (Å²) >= 11 is 0. The molecule has 0 saturated carbocycles. The van der Waals surface area contributed by atoms with Crippen LogP contribution in [-0.4, -0.2) is 0 Å². The second-order valence-corrected chi connectivity index (χ2v) is 12.6. The first-order valence-corrected chi connectivity index (χ1v) is 15.6. The van der Waals surface area contributed by atoms with E-state index in [2.05, 4.69) is 170 Å². The fourth-order valence-corrected chi connectivity index (χ4v) is 7.44. The van der Waals surface area contributed by atoms with Gasteiger partial charge in [-0.1, -0.05) is 123 Å². The van der Waals surface area contributed by atoms with E-state index in [1.54, 1.807) is 0 Å². The maximum atomic E-state index is 6.69. The number of nitrogens with zero attached hydrogens (tertiary/aromatic N) is 1. The molecule has 0 saturated heterocycles. The molecule has 45 heavy (non-hydrogen) atoms. The quantitative estimate of drug-likeness (QED) is 0.207. The van der Waals surface area contributed by atoms with Gasteiger partial charge in [-0.05, 0) is 81.1 Å². The monoisotopic (exact) mass is 577 g/mol. The standard InChI is InChI=1S/C43H31NO/c1-43(2)37-18-9-8-15-35(37)40-38(43)25-26-39-41(40)36-17-10-16-34(42(36)45-39)29-20-22-32(23-21-29)44(31-13-4-3-5-14-31)33-24-19-28-11-6-7-12-30(28)27-33/h3-27H,1-2H3. The van der Waals surface area contributed by atoms with E-state index in [9.17, 15) is 0 Å². The first-order valence-electron chi connectivity index (χ1n) is 15.6. The Morgan fingerprint density at radius 3 is 2.04 bits per heavy atom. The average molecular weight is 578 g/mol. The molecule has 1 aliphatic carbocycles. The van der Waals surface area contributed by atoms with Gasteiger partial charge in [0.05, 0.1) is 0 Å². The minimum Gasteiger partial charge on any atom is -0.455 e. The van der Waals surface area contributed by atoms with Crippen molar-refractivity contribution in [3.63, 3.8) is 0 Å². The van der Waals surface area contributed by atoms with Crippen molar-refractivity contribution in [3.05, 3.63) is 163 Å². The molecule has 0 N–H and O–H groups in total. The van der Waals surface area contributed by atoms with Gasteiger partial charge in [0.2, 0.25) is 0 Å². The lowest BCUT2D eigenvalue weighted by atomic mass is 9.82. The molecule has 0 spiro atoms. The zero-order chi connectivity index (χ0) is 30.1. The van der Waals surface area contributed by atoms with Crippen LogP contribution in [0.3, 0.4) is 0 Å². The molecule has 0 aliphatic heterocycles. The summed E-state index contributed by atoms with van der Waals surface area (Å²) < 4.78 is 6.69. The van der Waals surface area contributed by atoms with Crippen molar-refractivity contribution in [2.24, 2.45) is 0 Å². The molecule has 0 radical (unpaired) electrons. The summed E-state index contributed by atoms with van der Waals surface area (Å²) in [6.07, 6.45) is 0. The third-order valence-corrected chi connectivity index (χ3v) is 9.65. The number of rotatable bonds is 4. The molecule has 7 aromatic carbocycles. The number of anilines is 3. The zero-order valence-electron chi connectivity index (χ0n) is 25.3. The van der Waals surface area contributed by atoms with Crippen LogP contribution in [-0.2, 0) is 5.41 Å². The fraction of sp³-hybridized carbons (Fsp3) is 0.0698. The van der Waals surface area contributed by atoms with Crippen LogP contribution in [0.2, 0.25) is 0 Å². The molecule has 0 bridgehead atoms. The summed E-state index contributed by atoms with van der Waals surface area (Å²) in [6, 6.07) is 54.5. The van der Waals surface area contributed by atoms with Gasteiger partial charge in [-0.15, -0.1) is 0 Å². The molecule has 1 aliphatic rings. The molecule has 9 rings (SSSR count). The highest BCUT2D eigenvalue weighted by molar-refractivity contribution is 6.17. The highest BCUT2D eigenvalue weighted by Gasteiger charge is 2.37. The highest BCUT2D eigenvalue weighted by atomic mass is 16.3. The van der Waals surface area contributed by atoms with Crippen molar-refractivity contribution in [2.75, 3.05) is 4.90 Å². The first kappa shape index (κ1) is 25.9. The second-order valence-electron chi connectivity index (χ2n) is 12.6. The Labute approximate surface area is 262 Å². The lowest BCUT2D eigenvalue weighted by Crippen LogP contribution is -2.14. The Kier molecular flexibility index (Phi) is 5.58. The van der Waals surface area contributed by atoms with Crippen LogP contribution < -0.4 is 4.90 Å². The van der Waals surface area contributed by atoms with Crippen molar-refractivity contribution in [1.29, 1.82) is 0 Å². The maximum Gasteiger partial charge on any atom is 0.143 e. The van der Waals surface area contributed by atoms with Gasteiger partial charge in [0.1, 0.15) is 11.2 Å². The third kappa shape index (κ3) is 3.89. The van der Waals surface area contributed by atoms with E-state index in [1.165, 1.54) is 38.4 Å². The van der Waals surface area contributed by atoms with Crippen molar-refractivity contribution in [1.82, 2.24) is 0 Å². The minimum absolute atomic E-state index is 0.0488. The Morgan fingerprint density at radius 1 is 0.511 bits per heavy atom. The Hall–Kier alpha value is -5.60. The Balaban J connectivity index is 1.18. The number of hydrogen-bond donors (Lipinski definition) is 0. The topological polar surface area (TPSA) is 16.4 Å². The molecule has 2 heteroatoms. The predicted molar refractivity (Wildman–Crippen MR) is 189 cm³/mol. The number of fused-ring (bicyclic) bond motifs is 8. The normalized spacial score (nSPS) is 13.3. The molecule has 0 atom stereocenters. The number of benzene rings is 7. The van der Waals surface area contributed by atoms with Gasteiger partial charge in [-0.3, -0.25) is 0 Å². The minimum atomic E-state index is -0.0488. The molecule has 0 unspecified atom stereocenters. The SMILES string of the molecule is CC1(C)c2ccccc2-c2c1ccc1oc3c(-c4ccc(N(c5ccccc5)c5ccc6ccccc6c5)cc4)cccc3c21. The first-order chi connectivity index (χ1) is 22.1. The molecule has 1 heterocycles. The smallest absolute Gasteiger partial charge is 0.143 e. The van der Waals surface area contributed by atoms with Crippen LogP contribution in [0.5, 0.6) is 0 Å². The summed E-state index contributed by atoms with van der Waals surface area (Å²) in [4.78, 5) is 2.32. The van der Waals surface area contributed by atoms with Crippen molar-refractivity contribution in [3.8, 4) is 22.3 Å². The largest absolute Gasteiger partial charge is 0.455 e. The average Bonchev–Trinajstić information content (AvgIpc) is 3.58. The van der Waals surface area contributed by atoms with Gasteiger partial charge in [-0.25, -0.2) is 0 Å². The number of furan rings is 1. The lowest BCUT2D eigenvalue weighted by molar-refractivity contribution is 0.657. The molecular weight excluding hydrogens is 546 g/mol. The van der Waals surface area contributed by atoms with Gasteiger partial charge in [0.25, 0.3) is 0 Å². The van der Waals surface area contributed by atoms with E-state index < -0.39 is 0 Å². The Bertz CT molecular complexity index is 2400. The van der Waals surface area contributed by atoms with E-state index >= 15 is 0 Å². The van der Waals surface area contributed by atoms with Crippen molar-refractivity contribution < 1.29 is 4.42 Å². The third-order valence-electron chi connectivity index (χ3n) is 9.65. The zero-order valence-corrected chi connectivity index (χ0v) is 25.3. The van der Waals surface area contributed by atoms with Crippen molar-refractivity contribution in [2.45, 2.75) is 19.3 Å². The fourth-order valence-electron chi connectivity index (χ4n) is 7.44. The van der Waals surface area contributed by atoms with E-state index in [-0.39, 0.29) is 5.41 Å². The maximum absolute atomic E-state index is 6.69. The molecule has 0 amide bonds. The molecular formula is C43H31NO. The molecule has 214 valence electrons. The van der Waals surface area contributed by atoms with Gasteiger partial charge in [0, 0.05) is 38.8 Å². The molecule has 8 aromatic rings. The van der Waals surface area contributed by atoms with Crippen LogP contribution in [0.15, 0.2) is 156 Å². The van der Waals surface area contributed by atoms with Gasteiger partial charge in [0.15, 0.2) is 0 Å². The summed E-state index contributed by atoms with van der Waals surface area (Å²) in [5.41, 5.74) is 12.8. The Morgan fingerprint density at radius 2 is 1.20 bits per heavy atom. The highest BCUT2D eigenvalue weighted by Crippen LogP contribution is 2.53. The predicted octanol–water partition coefficient (Wildman–Crippen LogP) is 12.2. The molecule has 0 fully saturated rings. The van der Waals surface area contributed by atoms with Gasteiger partial charge >= 0.3 is 0 Å². The van der Waals surface area contributed by atoms with Crippen LogP contribution in [0.25, 0.3) is 55.0 Å². The summed E-state index contributed by atoms with van der Waals surface area (Å²) in [5, 5.41) is 4.84. The van der Waals surface area contributed by atoms with Gasteiger partial charge < -0.3 is 9.32 Å². The van der Waals surface area contributed by atoms with E-state index in [0.29, 0.717) is 0 Å². The van der Waals surface area contributed by atoms with Gasteiger partial charge in [-0.2, -0.15) is 0 Å². The van der Waals surface area contributed by atoms with Crippen LogP contribution in [0, 0.1) is 0 Å². The van der Waals surface area contributed by atoms with Crippen LogP contribution in [0.4, 0.5) is 17.1 Å². The number of hydrogen-bond acceptors (Lipinski definition) is 2. The van der Waals surface area contributed by atoms with Crippen LogP contribution >= 0.6 is 0 Å². The molecule has 1 aromatic heterocycles. The van der Waals surface area contributed by atoms with E-state index in [1.807, 2.05) is 0 Å². The van der Waals surface area contributed by atoms with E-state index in [0.717, 1.165) is 44.7 Å². The second kappa shape index (κ2) is 9.70. The molecule has 2 nitrogen and oxygen atoms in total. The summed E-state index contributed by atoms with van der Waals surface area (Å²) in [7, 11) is 0. The lowest BCUT2D eigenvalue weighted by Gasteiger charge is -2.26. The van der Waals surface area contributed by atoms with Crippen molar-refractivity contribution >= 4 is 49.8 Å². The number of para-hydroxylation sites is 2. The van der Waals surface area contributed by atoms with E-state index in [4.69, 9.17) is 4.42 Å². The van der Waals surface area contributed by atoms with Crippen LogP contribution in [0.1, 0.15) is 25.0 Å². The summed E-state index contributed by atoms with van der Waals surface area (Å²) in [5.74, 6) is 0. The summed E-state index contributed by atoms with van der Waals surface area (Å²) in [6.45, 7) is 4.66.